The van der Waals surface area contributed by atoms with Gasteiger partial charge in [-0.05, 0) is 48.9 Å². The van der Waals surface area contributed by atoms with Crippen LogP contribution in [0.3, 0.4) is 0 Å². The van der Waals surface area contributed by atoms with Crippen molar-refractivity contribution >= 4 is 5.91 Å². The Balaban J connectivity index is 1.60. The Morgan fingerprint density at radius 2 is 1.68 bits per heavy atom. The monoisotopic (exact) mass is 339 g/mol. The van der Waals surface area contributed by atoms with Crippen molar-refractivity contribution in [3.8, 4) is 5.75 Å². The van der Waals surface area contributed by atoms with E-state index in [9.17, 15) is 15.0 Å². The summed E-state index contributed by atoms with van der Waals surface area (Å²) in [5.74, 6) is 0.470. The molecule has 2 aromatic carbocycles. The van der Waals surface area contributed by atoms with Crippen molar-refractivity contribution in [1.29, 1.82) is 0 Å². The van der Waals surface area contributed by atoms with Crippen molar-refractivity contribution in [3.63, 3.8) is 0 Å². The summed E-state index contributed by atoms with van der Waals surface area (Å²) in [6, 6.07) is 16.9. The van der Waals surface area contributed by atoms with Crippen molar-refractivity contribution in [1.82, 2.24) is 4.90 Å². The lowest BCUT2D eigenvalue weighted by Gasteiger charge is -2.36. The van der Waals surface area contributed by atoms with E-state index in [1.807, 2.05) is 42.5 Å². The van der Waals surface area contributed by atoms with Gasteiger partial charge in [-0.1, -0.05) is 42.5 Å². The lowest BCUT2D eigenvalue weighted by molar-refractivity contribution is -0.150. The van der Waals surface area contributed by atoms with Crippen LogP contribution in [0.5, 0.6) is 5.75 Å². The predicted molar refractivity (Wildman–Crippen MR) is 97.4 cm³/mol. The zero-order valence-electron chi connectivity index (χ0n) is 14.6. The molecule has 1 saturated heterocycles. The number of phenolic OH excluding ortho intramolecular Hbond substituents is 1. The molecule has 1 fully saturated rings. The molecule has 0 bridgehead atoms. The van der Waals surface area contributed by atoms with Crippen molar-refractivity contribution < 1.29 is 15.0 Å². The highest BCUT2D eigenvalue weighted by atomic mass is 16.3. The highest BCUT2D eigenvalue weighted by Gasteiger charge is 2.36. The van der Waals surface area contributed by atoms with E-state index in [0.717, 1.165) is 18.4 Å². The summed E-state index contributed by atoms with van der Waals surface area (Å²) < 4.78 is 0. The van der Waals surface area contributed by atoms with Gasteiger partial charge in [0.25, 0.3) is 5.91 Å². The third kappa shape index (κ3) is 4.20. The largest absolute Gasteiger partial charge is 0.508 e. The van der Waals surface area contributed by atoms with Gasteiger partial charge in [0.05, 0.1) is 0 Å². The van der Waals surface area contributed by atoms with Gasteiger partial charge in [0.1, 0.15) is 11.4 Å². The Hall–Kier alpha value is -2.33. The minimum atomic E-state index is -1.38. The molecule has 0 aromatic heterocycles. The number of aromatic hydroxyl groups is 1. The van der Waals surface area contributed by atoms with Crippen LogP contribution >= 0.6 is 0 Å². The first-order valence-electron chi connectivity index (χ1n) is 8.80. The molecule has 2 N–H and O–H groups in total. The zero-order valence-corrected chi connectivity index (χ0v) is 14.6. The van der Waals surface area contributed by atoms with Crippen LogP contribution in [0.2, 0.25) is 0 Å². The molecule has 2 aromatic rings. The number of piperidine rings is 1. The Bertz CT molecular complexity index is 702. The molecular weight excluding hydrogens is 314 g/mol. The summed E-state index contributed by atoms with van der Waals surface area (Å²) in [4.78, 5) is 14.5. The van der Waals surface area contributed by atoms with Gasteiger partial charge in [-0.2, -0.15) is 0 Å². The summed E-state index contributed by atoms with van der Waals surface area (Å²) in [6.45, 7) is 2.90. The van der Waals surface area contributed by atoms with Crippen LogP contribution in [0.25, 0.3) is 0 Å². The fourth-order valence-electron chi connectivity index (χ4n) is 3.57. The summed E-state index contributed by atoms with van der Waals surface area (Å²) in [6.07, 6.45) is 2.07. The van der Waals surface area contributed by atoms with Crippen LogP contribution < -0.4 is 0 Å². The average molecular weight is 339 g/mol. The molecule has 3 rings (SSSR count). The number of carbonyl (C=O) groups is 1. The molecule has 1 amide bonds. The number of aliphatic hydroxyl groups is 1. The fraction of sp³-hybridized carbons (Fsp3) is 0.381. The van der Waals surface area contributed by atoms with Crippen molar-refractivity contribution in [3.05, 3.63) is 65.7 Å². The van der Waals surface area contributed by atoms with Gasteiger partial charge in [0.15, 0.2) is 0 Å². The fourth-order valence-corrected chi connectivity index (χ4v) is 3.57. The van der Waals surface area contributed by atoms with E-state index >= 15 is 0 Å². The molecule has 132 valence electrons. The first-order valence-corrected chi connectivity index (χ1v) is 8.80. The second-order valence-corrected chi connectivity index (χ2v) is 7.09. The van der Waals surface area contributed by atoms with Crippen LogP contribution in [0.15, 0.2) is 54.6 Å². The SMILES string of the molecule is CC(O)(Cc1ccccc1)C(=O)N1CCC(c2ccc(O)cc2)CC1. The van der Waals surface area contributed by atoms with Crippen molar-refractivity contribution in [2.75, 3.05) is 13.1 Å². The third-order valence-electron chi connectivity index (χ3n) is 5.00. The predicted octanol–water partition coefficient (Wildman–Crippen LogP) is 3.09. The molecule has 1 aliphatic rings. The van der Waals surface area contributed by atoms with E-state index in [-0.39, 0.29) is 11.7 Å². The number of hydrogen-bond donors (Lipinski definition) is 2. The van der Waals surface area contributed by atoms with Crippen LogP contribution in [0.1, 0.15) is 36.8 Å². The summed E-state index contributed by atoms with van der Waals surface area (Å²) >= 11 is 0. The standard InChI is InChI=1S/C21H25NO3/c1-21(25,15-16-5-3-2-4-6-16)20(24)22-13-11-18(12-14-22)17-7-9-19(23)10-8-17/h2-10,18,23,25H,11-15H2,1H3. The zero-order chi connectivity index (χ0) is 17.9. The van der Waals surface area contributed by atoms with Gasteiger partial charge in [0, 0.05) is 19.5 Å². The van der Waals surface area contributed by atoms with Crippen molar-refractivity contribution in [2.45, 2.75) is 37.7 Å². The first kappa shape index (κ1) is 17.5. The van der Waals surface area contributed by atoms with Gasteiger partial charge in [-0.3, -0.25) is 4.79 Å². The van der Waals surface area contributed by atoms with E-state index in [1.165, 1.54) is 5.56 Å². The molecule has 1 atom stereocenters. The quantitative estimate of drug-likeness (QED) is 0.900. The number of carbonyl (C=O) groups excluding carboxylic acids is 1. The normalized spacial score (nSPS) is 17.9. The van der Waals surface area contributed by atoms with Crippen LogP contribution in [-0.4, -0.2) is 39.7 Å². The molecule has 4 nitrogen and oxygen atoms in total. The molecule has 25 heavy (non-hydrogen) atoms. The summed E-state index contributed by atoms with van der Waals surface area (Å²) in [5.41, 5.74) is 0.771. The molecule has 0 spiro atoms. The van der Waals surface area contributed by atoms with Crippen LogP contribution in [0, 0.1) is 0 Å². The summed E-state index contributed by atoms with van der Waals surface area (Å²) in [5, 5.41) is 20.1. The minimum absolute atomic E-state index is 0.194. The first-order chi connectivity index (χ1) is 12.0. The molecular formula is C21H25NO3. The van der Waals surface area contributed by atoms with Gasteiger partial charge in [0.2, 0.25) is 0 Å². The Morgan fingerprint density at radius 3 is 2.28 bits per heavy atom. The Morgan fingerprint density at radius 1 is 1.08 bits per heavy atom. The van der Waals surface area contributed by atoms with E-state index in [0.29, 0.717) is 25.4 Å². The molecule has 4 heteroatoms. The number of hydrogen-bond acceptors (Lipinski definition) is 3. The highest BCUT2D eigenvalue weighted by molar-refractivity contribution is 5.85. The molecule has 0 aliphatic carbocycles. The van der Waals surface area contributed by atoms with Gasteiger partial charge in [-0.25, -0.2) is 0 Å². The molecule has 0 radical (unpaired) electrons. The van der Waals surface area contributed by atoms with E-state index in [2.05, 4.69) is 0 Å². The van der Waals surface area contributed by atoms with Crippen LogP contribution in [0.4, 0.5) is 0 Å². The molecule has 0 saturated carbocycles. The lowest BCUT2D eigenvalue weighted by atomic mass is 9.88. The number of benzene rings is 2. The third-order valence-corrected chi connectivity index (χ3v) is 5.00. The van der Waals surface area contributed by atoms with E-state index in [4.69, 9.17) is 0 Å². The number of phenols is 1. The molecule has 1 heterocycles. The smallest absolute Gasteiger partial charge is 0.254 e. The number of rotatable bonds is 4. The van der Waals surface area contributed by atoms with E-state index in [1.54, 1.807) is 24.0 Å². The summed E-state index contributed by atoms with van der Waals surface area (Å²) in [7, 11) is 0. The molecule has 1 unspecified atom stereocenters. The maximum absolute atomic E-state index is 12.8. The maximum Gasteiger partial charge on any atom is 0.254 e. The minimum Gasteiger partial charge on any atom is -0.508 e. The van der Waals surface area contributed by atoms with Crippen molar-refractivity contribution in [2.24, 2.45) is 0 Å². The Labute approximate surface area is 148 Å². The second kappa shape index (κ2) is 7.28. The Kier molecular flexibility index (Phi) is 5.09. The van der Waals surface area contributed by atoms with Gasteiger partial charge >= 0.3 is 0 Å². The van der Waals surface area contributed by atoms with Crippen LogP contribution in [-0.2, 0) is 11.2 Å². The highest BCUT2D eigenvalue weighted by Crippen LogP contribution is 2.30. The number of nitrogens with zero attached hydrogens (tertiary/aromatic N) is 1. The topological polar surface area (TPSA) is 60.8 Å². The van der Waals surface area contributed by atoms with Gasteiger partial charge < -0.3 is 15.1 Å². The van der Waals surface area contributed by atoms with Gasteiger partial charge in [-0.15, -0.1) is 0 Å². The molecule has 1 aliphatic heterocycles. The lowest BCUT2D eigenvalue weighted by Crippen LogP contribution is -2.50. The maximum atomic E-state index is 12.8. The number of amides is 1. The number of likely N-dealkylation sites (tertiary alicyclic amines) is 1. The van der Waals surface area contributed by atoms with E-state index < -0.39 is 5.60 Å². The average Bonchev–Trinajstić information content (AvgIpc) is 2.62. The second-order valence-electron chi connectivity index (χ2n) is 7.09.